The van der Waals surface area contributed by atoms with Crippen molar-refractivity contribution in [1.82, 2.24) is 10.6 Å². The van der Waals surface area contributed by atoms with E-state index in [4.69, 9.17) is 4.74 Å². The lowest BCUT2D eigenvalue weighted by atomic mass is 10.0. The number of hydrogen-bond donors (Lipinski definition) is 2. The van der Waals surface area contributed by atoms with Crippen LogP contribution in [0.2, 0.25) is 0 Å². The van der Waals surface area contributed by atoms with Crippen LogP contribution in [0.25, 0.3) is 0 Å². The Morgan fingerprint density at radius 1 is 1.50 bits per heavy atom. The summed E-state index contributed by atoms with van der Waals surface area (Å²) in [5.41, 5.74) is 1.98. The fraction of sp³-hybridized carbons (Fsp3) is 0.467. The molecule has 0 spiro atoms. The first-order valence-corrected chi connectivity index (χ1v) is 6.78. The Labute approximate surface area is 118 Å². The molecule has 1 aliphatic rings. The molecule has 0 radical (unpaired) electrons. The minimum absolute atomic E-state index is 0.0241. The lowest BCUT2D eigenvalue weighted by Gasteiger charge is -2.23. The van der Waals surface area contributed by atoms with Gasteiger partial charge in [0.1, 0.15) is 5.75 Å². The van der Waals surface area contributed by atoms with Gasteiger partial charge >= 0.3 is 0 Å². The van der Waals surface area contributed by atoms with E-state index in [1.54, 1.807) is 7.11 Å². The molecular formula is C15H20N2O3. The molecule has 2 N–H and O–H groups in total. The van der Waals surface area contributed by atoms with Crippen LogP contribution in [0.5, 0.6) is 5.75 Å². The molecule has 1 atom stereocenters. The van der Waals surface area contributed by atoms with Crippen LogP contribution in [0.3, 0.4) is 0 Å². The molecule has 1 aromatic carbocycles. The first-order valence-electron chi connectivity index (χ1n) is 6.78. The van der Waals surface area contributed by atoms with Crippen LogP contribution < -0.4 is 15.4 Å². The number of aryl methyl sites for hydroxylation is 1. The molecular weight excluding hydrogens is 256 g/mol. The van der Waals surface area contributed by atoms with Crippen LogP contribution >= 0.6 is 0 Å². The fourth-order valence-corrected chi connectivity index (χ4v) is 2.35. The molecule has 1 saturated heterocycles. The van der Waals surface area contributed by atoms with Crippen molar-refractivity contribution in [2.75, 3.05) is 13.7 Å². The van der Waals surface area contributed by atoms with Gasteiger partial charge in [0.2, 0.25) is 11.8 Å². The normalized spacial score (nSPS) is 18.3. The molecule has 1 fully saturated rings. The summed E-state index contributed by atoms with van der Waals surface area (Å²) in [6, 6.07) is 5.81. The van der Waals surface area contributed by atoms with E-state index in [9.17, 15) is 9.59 Å². The Morgan fingerprint density at radius 3 is 2.95 bits per heavy atom. The Balaban J connectivity index is 1.94. The highest BCUT2D eigenvalue weighted by atomic mass is 16.5. The van der Waals surface area contributed by atoms with E-state index in [0.717, 1.165) is 16.9 Å². The quantitative estimate of drug-likeness (QED) is 0.860. The van der Waals surface area contributed by atoms with Crippen molar-refractivity contribution in [3.05, 3.63) is 29.3 Å². The molecule has 2 amide bonds. The molecule has 5 heteroatoms. The number of amides is 2. The fourth-order valence-electron chi connectivity index (χ4n) is 2.35. The highest BCUT2D eigenvalue weighted by Crippen LogP contribution is 2.20. The molecule has 0 saturated carbocycles. The van der Waals surface area contributed by atoms with Crippen molar-refractivity contribution in [3.63, 3.8) is 0 Å². The zero-order chi connectivity index (χ0) is 14.5. The average molecular weight is 276 g/mol. The standard InChI is InChI=1S/C15H20N2O3/c1-10-3-5-13(20-2)11(7-10)8-15(19)17-12-4-6-14(18)16-9-12/h3,5,7,12H,4,6,8-9H2,1-2H3,(H,16,18)(H,17,19). The number of piperidine rings is 1. The predicted octanol–water partition coefficient (Wildman–Crippen LogP) is 0.941. The zero-order valence-corrected chi connectivity index (χ0v) is 11.9. The summed E-state index contributed by atoms with van der Waals surface area (Å²) in [7, 11) is 1.60. The molecule has 0 aliphatic carbocycles. The van der Waals surface area contributed by atoms with E-state index in [1.807, 2.05) is 25.1 Å². The molecule has 1 heterocycles. The van der Waals surface area contributed by atoms with Crippen molar-refractivity contribution in [2.45, 2.75) is 32.2 Å². The van der Waals surface area contributed by atoms with Gasteiger partial charge in [0.15, 0.2) is 0 Å². The monoisotopic (exact) mass is 276 g/mol. The number of rotatable bonds is 4. The summed E-state index contributed by atoms with van der Waals surface area (Å²) in [6.45, 7) is 2.49. The van der Waals surface area contributed by atoms with E-state index in [-0.39, 0.29) is 24.3 Å². The van der Waals surface area contributed by atoms with Gasteiger partial charge < -0.3 is 15.4 Å². The Kier molecular flexibility index (Phi) is 4.61. The van der Waals surface area contributed by atoms with Crippen molar-refractivity contribution < 1.29 is 14.3 Å². The Morgan fingerprint density at radius 2 is 2.30 bits per heavy atom. The summed E-state index contributed by atoms with van der Waals surface area (Å²) in [4.78, 5) is 23.1. The number of benzene rings is 1. The summed E-state index contributed by atoms with van der Waals surface area (Å²) < 4.78 is 5.27. The van der Waals surface area contributed by atoms with Crippen LogP contribution in [0, 0.1) is 6.92 Å². The summed E-state index contributed by atoms with van der Waals surface area (Å²) in [5.74, 6) is 0.730. The van der Waals surface area contributed by atoms with Gasteiger partial charge in [-0.3, -0.25) is 9.59 Å². The summed E-state index contributed by atoms with van der Waals surface area (Å²) in [5, 5.41) is 5.70. The van der Waals surface area contributed by atoms with Crippen molar-refractivity contribution in [2.24, 2.45) is 0 Å². The van der Waals surface area contributed by atoms with Crippen LogP contribution in [0.15, 0.2) is 18.2 Å². The van der Waals surface area contributed by atoms with Gasteiger partial charge in [-0.25, -0.2) is 0 Å². The predicted molar refractivity (Wildman–Crippen MR) is 75.6 cm³/mol. The SMILES string of the molecule is COc1ccc(C)cc1CC(=O)NC1CCC(=O)NC1. The topological polar surface area (TPSA) is 67.4 Å². The van der Waals surface area contributed by atoms with E-state index >= 15 is 0 Å². The molecule has 1 aliphatic heterocycles. The van der Waals surface area contributed by atoms with E-state index in [2.05, 4.69) is 10.6 Å². The summed E-state index contributed by atoms with van der Waals surface area (Å²) in [6.07, 6.45) is 1.45. The third-order valence-electron chi connectivity index (χ3n) is 3.42. The highest BCUT2D eigenvalue weighted by molar-refractivity contribution is 5.81. The molecule has 2 rings (SSSR count). The van der Waals surface area contributed by atoms with E-state index < -0.39 is 0 Å². The molecule has 0 aromatic heterocycles. The van der Waals surface area contributed by atoms with Gasteiger partial charge in [-0.2, -0.15) is 0 Å². The third-order valence-corrected chi connectivity index (χ3v) is 3.42. The van der Waals surface area contributed by atoms with Crippen LogP contribution in [-0.4, -0.2) is 31.5 Å². The van der Waals surface area contributed by atoms with Gasteiger partial charge in [-0.15, -0.1) is 0 Å². The highest BCUT2D eigenvalue weighted by Gasteiger charge is 2.20. The average Bonchev–Trinajstić information content (AvgIpc) is 2.41. The van der Waals surface area contributed by atoms with Crippen LogP contribution in [0.1, 0.15) is 24.0 Å². The van der Waals surface area contributed by atoms with E-state index in [0.29, 0.717) is 19.4 Å². The lowest BCUT2D eigenvalue weighted by Crippen LogP contribution is -2.48. The number of nitrogens with one attached hydrogen (secondary N) is 2. The minimum Gasteiger partial charge on any atom is -0.496 e. The number of carbonyl (C=O) groups is 2. The first-order chi connectivity index (χ1) is 9.58. The second-order valence-electron chi connectivity index (χ2n) is 5.10. The minimum atomic E-state index is -0.0463. The van der Waals surface area contributed by atoms with Crippen molar-refractivity contribution in [3.8, 4) is 5.75 Å². The number of ether oxygens (including phenoxy) is 1. The third kappa shape index (κ3) is 3.73. The zero-order valence-electron chi connectivity index (χ0n) is 11.9. The molecule has 0 bridgehead atoms. The molecule has 5 nitrogen and oxygen atoms in total. The maximum absolute atomic E-state index is 12.1. The van der Waals surface area contributed by atoms with Crippen LogP contribution in [-0.2, 0) is 16.0 Å². The largest absolute Gasteiger partial charge is 0.496 e. The van der Waals surface area contributed by atoms with E-state index in [1.165, 1.54) is 0 Å². The van der Waals surface area contributed by atoms with Gasteiger partial charge in [0, 0.05) is 24.6 Å². The maximum Gasteiger partial charge on any atom is 0.224 e. The Bertz CT molecular complexity index is 504. The molecule has 20 heavy (non-hydrogen) atoms. The van der Waals surface area contributed by atoms with Gasteiger partial charge in [0.25, 0.3) is 0 Å². The summed E-state index contributed by atoms with van der Waals surface area (Å²) >= 11 is 0. The maximum atomic E-state index is 12.1. The van der Waals surface area contributed by atoms with Gasteiger partial charge in [0.05, 0.1) is 13.5 Å². The van der Waals surface area contributed by atoms with Crippen LogP contribution in [0.4, 0.5) is 0 Å². The van der Waals surface area contributed by atoms with Gasteiger partial charge in [-0.05, 0) is 19.4 Å². The van der Waals surface area contributed by atoms with Crippen molar-refractivity contribution >= 4 is 11.8 Å². The van der Waals surface area contributed by atoms with Gasteiger partial charge in [-0.1, -0.05) is 17.7 Å². The second kappa shape index (κ2) is 6.41. The lowest BCUT2D eigenvalue weighted by molar-refractivity contribution is -0.125. The second-order valence-corrected chi connectivity index (χ2v) is 5.10. The number of hydrogen-bond acceptors (Lipinski definition) is 3. The molecule has 108 valence electrons. The smallest absolute Gasteiger partial charge is 0.224 e. The number of methoxy groups -OCH3 is 1. The first kappa shape index (κ1) is 14.4. The Hall–Kier alpha value is -2.04. The molecule has 1 aromatic rings. The molecule has 1 unspecified atom stereocenters. The number of carbonyl (C=O) groups excluding carboxylic acids is 2. The van der Waals surface area contributed by atoms with Crippen molar-refractivity contribution in [1.29, 1.82) is 0 Å².